The highest BCUT2D eigenvalue weighted by molar-refractivity contribution is 6.46. The third-order valence-corrected chi connectivity index (χ3v) is 5.91. The van der Waals surface area contributed by atoms with Crippen LogP contribution >= 0.6 is 11.6 Å². The van der Waals surface area contributed by atoms with Crippen LogP contribution in [0.25, 0.3) is 5.76 Å². The van der Waals surface area contributed by atoms with Crippen LogP contribution in [0.1, 0.15) is 35.6 Å². The van der Waals surface area contributed by atoms with Gasteiger partial charge in [-0.1, -0.05) is 11.6 Å². The van der Waals surface area contributed by atoms with Crippen LogP contribution in [0, 0.1) is 6.92 Å². The van der Waals surface area contributed by atoms with Crippen molar-refractivity contribution in [3.8, 4) is 5.75 Å². The van der Waals surface area contributed by atoms with Crippen molar-refractivity contribution in [3.63, 3.8) is 0 Å². The number of benzene rings is 1. The molecule has 0 spiro atoms. The van der Waals surface area contributed by atoms with Gasteiger partial charge in [0, 0.05) is 25.5 Å². The molecule has 2 fully saturated rings. The van der Waals surface area contributed by atoms with Gasteiger partial charge in [0.1, 0.15) is 11.5 Å². The standard InChI is InChI=1S/C23H23ClN2O5/c1-13-10-16(22(30-2)17(24)11-13)20(27)18-19(14-5-7-25-8-6-14)26(23(29)21(18)28)12-15-4-3-9-31-15/h5-8,10-11,15,19,27H,3-4,9,12H2,1-2H3/b20-18+. The van der Waals surface area contributed by atoms with Crippen molar-refractivity contribution in [3.05, 3.63) is 63.9 Å². The van der Waals surface area contributed by atoms with Gasteiger partial charge in [0.25, 0.3) is 11.7 Å². The zero-order chi connectivity index (χ0) is 22.1. The van der Waals surface area contributed by atoms with Crippen molar-refractivity contribution in [2.75, 3.05) is 20.3 Å². The molecular weight excluding hydrogens is 420 g/mol. The molecule has 2 atom stereocenters. The number of likely N-dealkylation sites (tertiary alicyclic amines) is 1. The van der Waals surface area contributed by atoms with Crippen molar-refractivity contribution >= 4 is 29.1 Å². The Morgan fingerprint density at radius 3 is 2.71 bits per heavy atom. The fraction of sp³-hybridized carbons (Fsp3) is 0.348. The maximum atomic E-state index is 13.1. The van der Waals surface area contributed by atoms with E-state index in [9.17, 15) is 14.7 Å². The van der Waals surface area contributed by atoms with Crippen LogP contribution in [0.2, 0.25) is 5.02 Å². The minimum atomic E-state index is -0.767. The Morgan fingerprint density at radius 2 is 2.06 bits per heavy atom. The fourth-order valence-corrected chi connectivity index (χ4v) is 4.58. The second-order valence-corrected chi connectivity index (χ2v) is 8.10. The molecular formula is C23H23ClN2O5. The maximum Gasteiger partial charge on any atom is 0.295 e. The third-order valence-electron chi connectivity index (χ3n) is 5.63. The maximum absolute atomic E-state index is 13.1. The van der Waals surface area contributed by atoms with Crippen molar-refractivity contribution in [2.24, 2.45) is 0 Å². The number of aryl methyl sites for hydroxylation is 1. The summed E-state index contributed by atoms with van der Waals surface area (Å²) in [5.74, 6) is -1.51. The number of halogens is 1. The van der Waals surface area contributed by atoms with Gasteiger partial charge in [0.15, 0.2) is 0 Å². The predicted octanol–water partition coefficient (Wildman–Crippen LogP) is 3.65. The van der Waals surface area contributed by atoms with Crippen LogP contribution in [-0.4, -0.2) is 53.0 Å². The number of carbonyl (C=O) groups excluding carboxylic acids is 2. The first-order valence-electron chi connectivity index (χ1n) is 10.1. The van der Waals surface area contributed by atoms with Gasteiger partial charge in [-0.3, -0.25) is 14.6 Å². The molecule has 162 valence electrons. The molecule has 1 N–H and O–H groups in total. The number of methoxy groups -OCH3 is 1. The summed E-state index contributed by atoms with van der Waals surface area (Å²) in [6, 6.07) is 6.07. The van der Waals surface area contributed by atoms with E-state index in [1.807, 2.05) is 6.92 Å². The number of pyridine rings is 1. The zero-order valence-electron chi connectivity index (χ0n) is 17.3. The Kier molecular flexibility index (Phi) is 5.98. The quantitative estimate of drug-likeness (QED) is 0.432. The van der Waals surface area contributed by atoms with E-state index in [2.05, 4.69) is 4.98 Å². The lowest BCUT2D eigenvalue weighted by Gasteiger charge is -2.27. The van der Waals surface area contributed by atoms with E-state index in [4.69, 9.17) is 21.1 Å². The van der Waals surface area contributed by atoms with Gasteiger partial charge in [-0.05, 0) is 55.2 Å². The van der Waals surface area contributed by atoms with Crippen LogP contribution < -0.4 is 4.74 Å². The minimum Gasteiger partial charge on any atom is -0.507 e. The van der Waals surface area contributed by atoms with E-state index in [-0.39, 0.29) is 35.3 Å². The number of ether oxygens (including phenoxy) is 2. The fourth-order valence-electron chi connectivity index (χ4n) is 4.23. The summed E-state index contributed by atoms with van der Waals surface area (Å²) in [7, 11) is 1.43. The molecule has 3 heterocycles. The molecule has 2 saturated heterocycles. The summed E-state index contributed by atoms with van der Waals surface area (Å²) in [6.07, 6.45) is 4.75. The van der Waals surface area contributed by atoms with Gasteiger partial charge in [0.2, 0.25) is 0 Å². The third kappa shape index (κ3) is 3.91. The molecule has 0 aliphatic carbocycles. The number of ketones is 1. The molecule has 0 radical (unpaired) electrons. The van der Waals surface area contributed by atoms with Crippen LogP contribution in [0.15, 0.2) is 42.2 Å². The lowest BCUT2D eigenvalue weighted by Crippen LogP contribution is -2.36. The molecule has 2 aromatic rings. The van der Waals surface area contributed by atoms with E-state index in [0.29, 0.717) is 17.2 Å². The van der Waals surface area contributed by atoms with E-state index in [1.54, 1.807) is 36.7 Å². The molecule has 1 aromatic heterocycles. The molecule has 7 nitrogen and oxygen atoms in total. The van der Waals surface area contributed by atoms with E-state index in [1.165, 1.54) is 12.0 Å². The van der Waals surface area contributed by atoms with Crippen molar-refractivity contribution in [2.45, 2.75) is 31.9 Å². The average Bonchev–Trinajstić information content (AvgIpc) is 3.36. The molecule has 2 aliphatic rings. The molecule has 31 heavy (non-hydrogen) atoms. The zero-order valence-corrected chi connectivity index (χ0v) is 18.1. The average molecular weight is 443 g/mol. The van der Waals surface area contributed by atoms with E-state index < -0.39 is 17.7 Å². The SMILES string of the molecule is COc1c(Cl)cc(C)cc1/C(O)=C1\C(=O)C(=O)N(CC2CCCO2)C1c1ccncc1. The predicted molar refractivity (Wildman–Crippen MR) is 115 cm³/mol. The minimum absolute atomic E-state index is 0.00540. The summed E-state index contributed by atoms with van der Waals surface area (Å²) in [5.41, 5.74) is 1.71. The number of hydrogen-bond donors (Lipinski definition) is 1. The molecule has 4 rings (SSSR count). The topological polar surface area (TPSA) is 89.0 Å². The first kappa shape index (κ1) is 21.3. The summed E-state index contributed by atoms with van der Waals surface area (Å²) in [5, 5.41) is 11.6. The summed E-state index contributed by atoms with van der Waals surface area (Å²) in [4.78, 5) is 31.6. The largest absolute Gasteiger partial charge is 0.507 e. The molecule has 1 aromatic carbocycles. The van der Waals surface area contributed by atoms with Gasteiger partial charge in [-0.2, -0.15) is 0 Å². The van der Waals surface area contributed by atoms with E-state index in [0.717, 1.165) is 18.4 Å². The number of nitrogens with zero attached hydrogens (tertiary/aromatic N) is 2. The second-order valence-electron chi connectivity index (χ2n) is 7.69. The van der Waals surface area contributed by atoms with E-state index >= 15 is 0 Å². The summed E-state index contributed by atoms with van der Waals surface area (Å²) in [6.45, 7) is 2.71. The van der Waals surface area contributed by atoms with Crippen molar-refractivity contribution in [1.82, 2.24) is 9.88 Å². The number of amides is 1. The van der Waals surface area contributed by atoms with Crippen molar-refractivity contribution in [1.29, 1.82) is 0 Å². The number of aliphatic hydroxyl groups excluding tert-OH is 1. The highest BCUT2D eigenvalue weighted by Crippen LogP contribution is 2.43. The number of Topliss-reactive ketones (excluding diaryl/α,β-unsaturated/α-hetero) is 1. The summed E-state index contributed by atoms with van der Waals surface area (Å²) >= 11 is 6.30. The lowest BCUT2D eigenvalue weighted by molar-refractivity contribution is -0.140. The van der Waals surface area contributed by atoms with Gasteiger partial charge in [-0.25, -0.2) is 0 Å². The molecule has 0 saturated carbocycles. The number of carbonyl (C=O) groups is 2. The molecule has 0 bridgehead atoms. The first-order valence-corrected chi connectivity index (χ1v) is 10.4. The Morgan fingerprint density at radius 1 is 1.32 bits per heavy atom. The van der Waals surface area contributed by atoms with Crippen molar-refractivity contribution < 1.29 is 24.2 Å². The molecule has 2 unspecified atom stereocenters. The molecule has 1 amide bonds. The number of aliphatic hydroxyl groups is 1. The number of hydrogen-bond acceptors (Lipinski definition) is 6. The highest BCUT2D eigenvalue weighted by Gasteiger charge is 2.47. The highest BCUT2D eigenvalue weighted by atomic mass is 35.5. The van der Waals surface area contributed by atoms with Gasteiger partial charge in [-0.15, -0.1) is 0 Å². The summed E-state index contributed by atoms with van der Waals surface area (Å²) < 4.78 is 11.1. The van der Waals surface area contributed by atoms with Gasteiger partial charge >= 0.3 is 0 Å². The molecule has 8 heteroatoms. The van der Waals surface area contributed by atoms with Crippen LogP contribution in [0.3, 0.4) is 0 Å². The van der Waals surface area contributed by atoms with Crippen LogP contribution in [0.4, 0.5) is 0 Å². The second kappa shape index (κ2) is 8.69. The Bertz CT molecular complexity index is 1050. The Labute approximate surface area is 185 Å². The van der Waals surface area contributed by atoms with Crippen LogP contribution in [0.5, 0.6) is 5.75 Å². The smallest absolute Gasteiger partial charge is 0.295 e. The van der Waals surface area contributed by atoms with Gasteiger partial charge < -0.3 is 19.5 Å². The first-order chi connectivity index (χ1) is 14.9. The van der Waals surface area contributed by atoms with Crippen LogP contribution in [-0.2, 0) is 14.3 Å². The lowest BCUT2D eigenvalue weighted by atomic mass is 9.95. The Hall–Kier alpha value is -2.90. The van der Waals surface area contributed by atoms with Gasteiger partial charge in [0.05, 0.1) is 35.4 Å². The number of aromatic nitrogens is 1. The Balaban J connectivity index is 1.88. The normalized spacial score (nSPS) is 22.9. The monoisotopic (exact) mass is 442 g/mol. The molecule has 2 aliphatic heterocycles. The number of rotatable bonds is 5.